The molecule has 1 aromatic heterocycles. The van der Waals surface area contributed by atoms with Gasteiger partial charge in [-0.15, -0.1) is 12.4 Å². The summed E-state index contributed by atoms with van der Waals surface area (Å²) in [6.07, 6.45) is 1.66. The van der Waals surface area contributed by atoms with E-state index >= 15 is 0 Å². The SMILES string of the molecule is CCOC(=O)c1cc(NC(=O)c2cc(N)ccc2C)cn1C.Cl. The van der Waals surface area contributed by atoms with E-state index in [9.17, 15) is 9.59 Å². The third-order valence-electron chi connectivity index (χ3n) is 3.25. The summed E-state index contributed by atoms with van der Waals surface area (Å²) in [7, 11) is 1.72. The lowest BCUT2D eigenvalue weighted by molar-refractivity contribution is 0.0515. The molecule has 0 saturated carbocycles. The molecular formula is C16H20ClN3O3. The Balaban J connectivity index is 0.00000264. The summed E-state index contributed by atoms with van der Waals surface area (Å²) < 4.78 is 6.57. The van der Waals surface area contributed by atoms with Crippen molar-refractivity contribution in [1.29, 1.82) is 0 Å². The fourth-order valence-electron chi connectivity index (χ4n) is 2.12. The molecule has 0 aliphatic carbocycles. The molecule has 2 aromatic rings. The van der Waals surface area contributed by atoms with Crippen LogP contribution >= 0.6 is 12.4 Å². The second-order valence-electron chi connectivity index (χ2n) is 4.97. The Bertz CT molecular complexity index is 725. The van der Waals surface area contributed by atoms with Gasteiger partial charge in [-0.2, -0.15) is 0 Å². The number of ether oxygens (including phenoxy) is 1. The van der Waals surface area contributed by atoms with Crippen LogP contribution in [-0.4, -0.2) is 23.1 Å². The van der Waals surface area contributed by atoms with Crippen LogP contribution in [0.2, 0.25) is 0 Å². The molecule has 7 heteroatoms. The molecule has 0 saturated heterocycles. The maximum atomic E-state index is 12.3. The zero-order chi connectivity index (χ0) is 16.3. The number of hydrogen-bond donors (Lipinski definition) is 2. The molecule has 6 nitrogen and oxygen atoms in total. The van der Waals surface area contributed by atoms with Crippen LogP contribution in [0.5, 0.6) is 0 Å². The van der Waals surface area contributed by atoms with Crippen molar-refractivity contribution in [2.75, 3.05) is 17.7 Å². The highest BCUT2D eigenvalue weighted by Crippen LogP contribution is 2.18. The minimum atomic E-state index is -0.425. The van der Waals surface area contributed by atoms with E-state index in [-0.39, 0.29) is 18.3 Å². The summed E-state index contributed by atoms with van der Waals surface area (Å²) in [4.78, 5) is 24.1. The Morgan fingerprint density at radius 2 is 2.00 bits per heavy atom. The predicted octanol–water partition coefficient (Wildman–Crippen LogP) is 2.77. The Kier molecular flexibility index (Phi) is 6.21. The van der Waals surface area contributed by atoms with E-state index in [4.69, 9.17) is 10.5 Å². The van der Waals surface area contributed by atoms with Crippen LogP contribution in [0.4, 0.5) is 11.4 Å². The largest absolute Gasteiger partial charge is 0.461 e. The summed E-state index contributed by atoms with van der Waals surface area (Å²) in [5.41, 5.74) is 8.47. The van der Waals surface area contributed by atoms with Gasteiger partial charge in [0.25, 0.3) is 5.91 Å². The quantitative estimate of drug-likeness (QED) is 0.663. The number of esters is 1. The maximum absolute atomic E-state index is 12.3. The normalized spacial score (nSPS) is 9.87. The molecule has 0 bridgehead atoms. The molecule has 1 amide bonds. The van der Waals surface area contributed by atoms with Gasteiger partial charge < -0.3 is 20.4 Å². The standard InChI is InChI=1S/C16H19N3O3.ClH/c1-4-22-16(21)14-8-12(9-19(14)3)18-15(20)13-7-11(17)6-5-10(13)2;/h5-9H,4,17H2,1-3H3,(H,18,20);1H. The third-order valence-corrected chi connectivity index (χ3v) is 3.25. The highest BCUT2D eigenvalue weighted by atomic mass is 35.5. The number of anilines is 2. The van der Waals surface area contributed by atoms with Crippen molar-refractivity contribution in [2.45, 2.75) is 13.8 Å². The second kappa shape index (κ2) is 7.69. The number of nitrogens with zero attached hydrogens (tertiary/aromatic N) is 1. The Labute approximate surface area is 141 Å². The summed E-state index contributed by atoms with van der Waals surface area (Å²) in [5, 5.41) is 2.76. The number of halogens is 1. The summed E-state index contributed by atoms with van der Waals surface area (Å²) in [6.45, 7) is 3.88. The van der Waals surface area contributed by atoms with Gasteiger partial charge in [0.15, 0.2) is 0 Å². The summed E-state index contributed by atoms with van der Waals surface area (Å²) in [5.74, 6) is -0.698. The van der Waals surface area contributed by atoms with Crippen molar-refractivity contribution in [1.82, 2.24) is 4.57 Å². The van der Waals surface area contributed by atoms with Crippen LogP contribution in [-0.2, 0) is 11.8 Å². The number of rotatable bonds is 4. The lowest BCUT2D eigenvalue weighted by atomic mass is 10.1. The molecule has 3 N–H and O–H groups in total. The molecule has 0 aliphatic heterocycles. The number of carbonyl (C=O) groups is 2. The van der Waals surface area contributed by atoms with Crippen molar-refractivity contribution in [3.05, 3.63) is 47.3 Å². The number of aromatic nitrogens is 1. The van der Waals surface area contributed by atoms with E-state index in [0.29, 0.717) is 29.2 Å². The molecule has 23 heavy (non-hydrogen) atoms. The van der Waals surface area contributed by atoms with Crippen molar-refractivity contribution in [3.63, 3.8) is 0 Å². The second-order valence-corrected chi connectivity index (χ2v) is 4.97. The zero-order valence-electron chi connectivity index (χ0n) is 13.3. The molecule has 0 spiro atoms. The molecule has 1 aromatic carbocycles. The number of carbonyl (C=O) groups excluding carboxylic acids is 2. The summed E-state index contributed by atoms with van der Waals surface area (Å²) in [6, 6.07) is 6.74. The van der Waals surface area contributed by atoms with Gasteiger partial charge in [0, 0.05) is 24.5 Å². The molecular weight excluding hydrogens is 318 g/mol. The van der Waals surface area contributed by atoms with Crippen LogP contribution in [0, 0.1) is 6.92 Å². The van der Waals surface area contributed by atoms with Crippen LogP contribution in [0.15, 0.2) is 30.5 Å². The molecule has 0 atom stereocenters. The Morgan fingerprint density at radius 3 is 2.65 bits per heavy atom. The van der Waals surface area contributed by atoms with Crippen molar-refractivity contribution in [3.8, 4) is 0 Å². The average molecular weight is 338 g/mol. The molecule has 0 unspecified atom stereocenters. The number of nitrogens with two attached hydrogens (primary N) is 1. The minimum Gasteiger partial charge on any atom is -0.461 e. The third kappa shape index (κ3) is 4.26. The van der Waals surface area contributed by atoms with Gasteiger partial charge in [-0.3, -0.25) is 4.79 Å². The van der Waals surface area contributed by atoms with Gasteiger partial charge >= 0.3 is 5.97 Å². The van der Waals surface area contributed by atoms with Crippen LogP contribution in [0.1, 0.15) is 33.3 Å². The first-order valence-corrected chi connectivity index (χ1v) is 6.93. The fourth-order valence-corrected chi connectivity index (χ4v) is 2.12. The highest BCUT2D eigenvalue weighted by Gasteiger charge is 2.15. The first-order valence-electron chi connectivity index (χ1n) is 6.93. The molecule has 1 heterocycles. The predicted molar refractivity (Wildman–Crippen MR) is 92.2 cm³/mol. The van der Waals surface area contributed by atoms with Gasteiger partial charge in [0.2, 0.25) is 0 Å². The topological polar surface area (TPSA) is 86.3 Å². The van der Waals surface area contributed by atoms with E-state index in [0.717, 1.165) is 5.56 Å². The van der Waals surface area contributed by atoms with E-state index < -0.39 is 5.97 Å². The van der Waals surface area contributed by atoms with E-state index in [1.165, 1.54) is 0 Å². The van der Waals surface area contributed by atoms with Crippen molar-refractivity contribution < 1.29 is 14.3 Å². The molecule has 124 valence electrons. The monoisotopic (exact) mass is 337 g/mol. The zero-order valence-corrected chi connectivity index (χ0v) is 14.1. The Hall–Kier alpha value is -2.47. The Morgan fingerprint density at radius 1 is 1.30 bits per heavy atom. The molecule has 0 aliphatic rings. The minimum absolute atomic E-state index is 0. The van der Waals surface area contributed by atoms with Crippen molar-refractivity contribution in [2.24, 2.45) is 7.05 Å². The van der Waals surface area contributed by atoms with E-state index in [2.05, 4.69) is 5.32 Å². The van der Waals surface area contributed by atoms with Gasteiger partial charge in [-0.25, -0.2) is 4.79 Å². The molecule has 0 radical (unpaired) electrons. The van der Waals surface area contributed by atoms with Gasteiger partial charge in [-0.05, 0) is 37.6 Å². The van der Waals surface area contributed by atoms with Crippen LogP contribution in [0.3, 0.4) is 0 Å². The average Bonchev–Trinajstić information content (AvgIpc) is 2.82. The maximum Gasteiger partial charge on any atom is 0.355 e. The van der Waals surface area contributed by atoms with Gasteiger partial charge in [-0.1, -0.05) is 6.07 Å². The summed E-state index contributed by atoms with van der Waals surface area (Å²) >= 11 is 0. The number of nitrogen functional groups attached to an aromatic ring is 1. The van der Waals surface area contributed by atoms with E-state index in [1.54, 1.807) is 49.0 Å². The van der Waals surface area contributed by atoms with Gasteiger partial charge in [0.1, 0.15) is 5.69 Å². The number of aryl methyl sites for hydroxylation is 2. The van der Waals surface area contributed by atoms with Crippen LogP contribution in [0.25, 0.3) is 0 Å². The lowest BCUT2D eigenvalue weighted by Gasteiger charge is -2.07. The number of amides is 1. The highest BCUT2D eigenvalue weighted by molar-refractivity contribution is 6.06. The first-order chi connectivity index (χ1) is 10.4. The number of nitrogens with one attached hydrogen (secondary N) is 1. The van der Waals surface area contributed by atoms with E-state index in [1.807, 2.05) is 6.92 Å². The number of benzene rings is 1. The first kappa shape index (κ1) is 18.6. The van der Waals surface area contributed by atoms with Crippen LogP contribution < -0.4 is 11.1 Å². The molecule has 0 fully saturated rings. The molecule has 2 rings (SSSR count). The fraction of sp³-hybridized carbons (Fsp3) is 0.250. The van der Waals surface area contributed by atoms with Crippen molar-refractivity contribution >= 4 is 35.7 Å². The smallest absolute Gasteiger partial charge is 0.355 e. The lowest BCUT2D eigenvalue weighted by Crippen LogP contribution is -2.13. The van der Waals surface area contributed by atoms with Gasteiger partial charge in [0.05, 0.1) is 12.3 Å². The number of hydrogen-bond acceptors (Lipinski definition) is 4.